The van der Waals surface area contributed by atoms with Crippen molar-refractivity contribution in [3.05, 3.63) is 56.7 Å². The van der Waals surface area contributed by atoms with Crippen LogP contribution in [0, 0.1) is 12.7 Å². The molecule has 0 amide bonds. The van der Waals surface area contributed by atoms with Gasteiger partial charge >= 0.3 is 0 Å². The smallest absolute Gasteiger partial charge is 0.263 e. The van der Waals surface area contributed by atoms with Crippen LogP contribution in [0.2, 0.25) is 0 Å². The molecule has 2 rings (SSSR count). The second-order valence-electron chi connectivity index (χ2n) is 4.16. The van der Waals surface area contributed by atoms with Crippen LogP contribution in [0.15, 0.2) is 50.2 Å². The third kappa shape index (κ3) is 3.39. The van der Waals surface area contributed by atoms with Crippen molar-refractivity contribution in [1.29, 1.82) is 0 Å². The van der Waals surface area contributed by atoms with E-state index >= 15 is 0 Å². The van der Waals surface area contributed by atoms with Gasteiger partial charge < -0.3 is 0 Å². The molecule has 0 aliphatic rings. The number of sulfonamides is 1. The van der Waals surface area contributed by atoms with Gasteiger partial charge in [0.05, 0.1) is 5.69 Å². The molecule has 0 fully saturated rings. The van der Waals surface area contributed by atoms with Gasteiger partial charge in [-0.2, -0.15) is 0 Å². The first kappa shape index (κ1) is 15.5. The van der Waals surface area contributed by atoms with E-state index in [9.17, 15) is 12.8 Å². The van der Waals surface area contributed by atoms with E-state index in [1.54, 1.807) is 12.1 Å². The number of hydrogen-bond acceptors (Lipinski definition) is 2. The quantitative estimate of drug-likeness (QED) is 0.793. The van der Waals surface area contributed by atoms with Gasteiger partial charge in [0.1, 0.15) is 10.7 Å². The molecule has 0 saturated heterocycles. The fourth-order valence-corrected chi connectivity index (χ4v) is 4.21. The summed E-state index contributed by atoms with van der Waals surface area (Å²) < 4.78 is 40.9. The topological polar surface area (TPSA) is 46.2 Å². The summed E-state index contributed by atoms with van der Waals surface area (Å²) in [6, 6.07) is 8.75. The zero-order valence-corrected chi connectivity index (χ0v) is 14.3. The minimum absolute atomic E-state index is 0.0210. The molecular formula is C13H10Br2FNO2S. The van der Waals surface area contributed by atoms with Crippen LogP contribution in [0.1, 0.15) is 5.56 Å². The maximum atomic E-state index is 13.0. The van der Waals surface area contributed by atoms with Gasteiger partial charge in [0.25, 0.3) is 10.0 Å². The van der Waals surface area contributed by atoms with Gasteiger partial charge in [-0.05, 0) is 74.7 Å². The highest BCUT2D eigenvalue weighted by molar-refractivity contribution is 9.11. The standard InChI is InChI=1S/C13H10Br2FNO2S/c1-8-2-4-10(14)12(6-8)17-20(18,19)13-5-3-9(16)7-11(13)15/h2-7,17H,1H3. The van der Waals surface area contributed by atoms with Crippen LogP contribution in [-0.4, -0.2) is 8.42 Å². The van der Waals surface area contributed by atoms with Crippen LogP contribution in [0.25, 0.3) is 0 Å². The van der Waals surface area contributed by atoms with Gasteiger partial charge in [0, 0.05) is 8.95 Å². The van der Waals surface area contributed by atoms with Crippen molar-refractivity contribution in [2.75, 3.05) is 4.72 Å². The van der Waals surface area contributed by atoms with Gasteiger partial charge in [-0.1, -0.05) is 6.07 Å². The lowest BCUT2D eigenvalue weighted by Gasteiger charge is -2.11. The first-order chi connectivity index (χ1) is 9.29. The number of rotatable bonds is 3. The summed E-state index contributed by atoms with van der Waals surface area (Å²) >= 11 is 6.35. The first-order valence-corrected chi connectivity index (χ1v) is 8.60. The number of anilines is 1. The predicted octanol–water partition coefficient (Wildman–Crippen LogP) is 4.46. The van der Waals surface area contributed by atoms with Gasteiger partial charge in [-0.3, -0.25) is 4.72 Å². The summed E-state index contributed by atoms with van der Waals surface area (Å²) in [6.45, 7) is 1.86. The molecule has 0 saturated carbocycles. The van der Waals surface area contributed by atoms with Crippen LogP contribution < -0.4 is 4.72 Å². The Morgan fingerprint density at radius 1 is 1.05 bits per heavy atom. The molecule has 3 nitrogen and oxygen atoms in total. The average molecular weight is 423 g/mol. The summed E-state index contributed by atoms with van der Waals surface area (Å²) in [5, 5.41) is 0. The normalized spacial score (nSPS) is 11.4. The van der Waals surface area contributed by atoms with Gasteiger partial charge in [-0.25, -0.2) is 12.8 Å². The monoisotopic (exact) mass is 421 g/mol. The van der Waals surface area contributed by atoms with Crippen molar-refractivity contribution in [1.82, 2.24) is 0 Å². The van der Waals surface area contributed by atoms with Crippen molar-refractivity contribution in [2.45, 2.75) is 11.8 Å². The molecule has 0 bridgehead atoms. The Morgan fingerprint density at radius 2 is 1.75 bits per heavy atom. The lowest BCUT2D eigenvalue weighted by Crippen LogP contribution is -2.14. The molecule has 0 aromatic heterocycles. The van der Waals surface area contributed by atoms with E-state index in [-0.39, 0.29) is 9.37 Å². The maximum absolute atomic E-state index is 13.0. The summed E-state index contributed by atoms with van der Waals surface area (Å²) in [7, 11) is -3.79. The SMILES string of the molecule is Cc1ccc(Br)c(NS(=O)(=O)c2ccc(F)cc2Br)c1. The molecule has 1 N–H and O–H groups in total. The van der Waals surface area contributed by atoms with Crippen LogP contribution >= 0.6 is 31.9 Å². The van der Waals surface area contributed by atoms with Crippen LogP contribution in [-0.2, 0) is 10.0 Å². The van der Waals surface area contributed by atoms with E-state index in [1.165, 1.54) is 6.07 Å². The van der Waals surface area contributed by atoms with E-state index in [1.807, 2.05) is 13.0 Å². The number of nitrogens with one attached hydrogen (secondary N) is 1. The Hall–Kier alpha value is -0.920. The van der Waals surface area contributed by atoms with Crippen molar-refractivity contribution in [2.24, 2.45) is 0 Å². The molecule has 106 valence electrons. The van der Waals surface area contributed by atoms with Crippen molar-refractivity contribution in [3.8, 4) is 0 Å². The molecule has 0 unspecified atom stereocenters. The van der Waals surface area contributed by atoms with Crippen LogP contribution in [0.3, 0.4) is 0 Å². The summed E-state index contributed by atoms with van der Waals surface area (Å²) in [5.74, 6) is -0.507. The molecular weight excluding hydrogens is 413 g/mol. The lowest BCUT2D eigenvalue weighted by atomic mass is 10.2. The fraction of sp³-hybridized carbons (Fsp3) is 0.0769. The Bertz CT molecular complexity index is 763. The highest BCUT2D eigenvalue weighted by Gasteiger charge is 2.19. The molecule has 2 aromatic rings. The van der Waals surface area contributed by atoms with E-state index in [4.69, 9.17) is 0 Å². The highest BCUT2D eigenvalue weighted by atomic mass is 79.9. The lowest BCUT2D eigenvalue weighted by molar-refractivity contribution is 0.599. The number of halogens is 3. The highest BCUT2D eigenvalue weighted by Crippen LogP contribution is 2.29. The molecule has 20 heavy (non-hydrogen) atoms. The van der Waals surface area contributed by atoms with E-state index < -0.39 is 15.8 Å². The van der Waals surface area contributed by atoms with Crippen molar-refractivity contribution < 1.29 is 12.8 Å². The Morgan fingerprint density at radius 3 is 2.40 bits per heavy atom. The Kier molecular flexibility index (Phi) is 4.51. The largest absolute Gasteiger partial charge is 0.278 e. The minimum atomic E-state index is -3.79. The Labute approximate surface area is 133 Å². The number of benzene rings is 2. The summed E-state index contributed by atoms with van der Waals surface area (Å²) in [6.07, 6.45) is 0. The third-order valence-electron chi connectivity index (χ3n) is 2.55. The predicted molar refractivity (Wildman–Crippen MR) is 83.8 cm³/mol. The zero-order valence-electron chi connectivity index (χ0n) is 10.3. The number of hydrogen-bond donors (Lipinski definition) is 1. The number of aryl methyl sites for hydroxylation is 1. The molecule has 0 atom stereocenters. The zero-order chi connectivity index (χ0) is 14.9. The second-order valence-corrected chi connectivity index (χ2v) is 7.52. The van der Waals surface area contributed by atoms with Gasteiger partial charge in [0.2, 0.25) is 0 Å². The molecule has 0 spiro atoms. The van der Waals surface area contributed by atoms with Crippen LogP contribution in [0.4, 0.5) is 10.1 Å². The molecule has 0 radical (unpaired) electrons. The van der Waals surface area contributed by atoms with Gasteiger partial charge in [0.15, 0.2) is 0 Å². The van der Waals surface area contributed by atoms with Crippen molar-refractivity contribution in [3.63, 3.8) is 0 Å². The minimum Gasteiger partial charge on any atom is -0.278 e. The van der Waals surface area contributed by atoms with E-state index in [2.05, 4.69) is 36.6 Å². The van der Waals surface area contributed by atoms with E-state index in [0.717, 1.165) is 17.7 Å². The van der Waals surface area contributed by atoms with Crippen molar-refractivity contribution >= 4 is 47.6 Å². The molecule has 0 aliphatic carbocycles. The fourth-order valence-electron chi connectivity index (χ4n) is 1.61. The molecule has 7 heteroatoms. The molecule has 2 aromatic carbocycles. The summed E-state index contributed by atoms with van der Waals surface area (Å²) in [4.78, 5) is -0.0210. The summed E-state index contributed by atoms with van der Waals surface area (Å²) in [5.41, 5.74) is 1.35. The molecule has 0 heterocycles. The first-order valence-electron chi connectivity index (χ1n) is 5.53. The van der Waals surface area contributed by atoms with Crippen LogP contribution in [0.5, 0.6) is 0 Å². The molecule has 0 aliphatic heterocycles. The average Bonchev–Trinajstić information content (AvgIpc) is 2.33. The third-order valence-corrected chi connectivity index (χ3v) is 5.58. The van der Waals surface area contributed by atoms with Gasteiger partial charge in [-0.15, -0.1) is 0 Å². The Balaban J connectivity index is 2.43. The second kappa shape index (κ2) is 5.83. The maximum Gasteiger partial charge on any atom is 0.263 e. The van der Waals surface area contributed by atoms with E-state index in [0.29, 0.717) is 10.2 Å².